The Hall–Kier alpha value is -2.49. The van der Waals surface area contributed by atoms with Gasteiger partial charge in [0.25, 0.3) is 0 Å². The number of hydrogen-bond donors (Lipinski definition) is 1. The SMILES string of the molecule is CCn1c(SCC(=O)Nc2nc(-c3ccc(C)cc3)cs2)nnc1-c1csc2c1CCCC2. The molecule has 4 aromatic rings. The smallest absolute Gasteiger partial charge is 0.236 e. The molecule has 0 saturated carbocycles. The van der Waals surface area contributed by atoms with Crippen LogP contribution in [0.3, 0.4) is 0 Å². The second kappa shape index (κ2) is 9.79. The molecule has 0 bridgehead atoms. The molecule has 1 aromatic carbocycles. The van der Waals surface area contributed by atoms with Crippen LogP contribution in [0.5, 0.6) is 0 Å². The Morgan fingerprint density at radius 1 is 1.12 bits per heavy atom. The van der Waals surface area contributed by atoms with Crippen LogP contribution in [0.1, 0.15) is 35.8 Å². The number of nitrogens with one attached hydrogen (secondary N) is 1. The highest BCUT2D eigenvalue weighted by Gasteiger charge is 2.22. The van der Waals surface area contributed by atoms with Crippen LogP contribution in [0.25, 0.3) is 22.6 Å². The van der Waals surface area contributed by atoms with E-state index in [1.165, 1.54) is 63.9 Å². The van der Waals surface area contributed by atoms with Gasteiger partial charge in [0.2, 0.25) is 5.91 Å². The Morgan fingerprint density at radius 3 is 2.76 bits per heavy atom. The molecule has 1 N–H and O–H groups in total. The minimum absolute atomic E-state index is 0.0927. The molecule has 0 radical (unpaired) electrons. The fourth-order valence-corrected chi connectivity index (χ4v) is 6.70. The van der Waals surface area contributed by atoms with Gasteiger partial charge in [-0.2, -0.15) is 0 Å². The van der Waals surface area contributed by atoms with E-state index in [4.69, 9.17) is 0 Å². The van der Waals surface area contributed by atoms with Crippen molar-refractivity contribution in [2.75, 3.05) is 11.1 Å². The molecule has 6 nitrogen and oxygen atoms in total. The van der Waals surface area contributed by atoms with Crippen LogP contribution < -0.4 is 5.32 Å². The van der Waals surface area contributed by atoms with Crippen molar-refractivity contribution in [3.8, 4) is 22.6 Å². The number of fused-ring (bicyclic) bond motifs is 1. The van der Waals surface area contributed by atoms with E-state index in [2.05, 4.69) is 56.4 Å². The molecule has 0 saturated heterocycles. The molecule has 0 atom stereocenters. The van der Waals surface area contributed by atoms with Crippen LogP contribution in [0.15, 0.2) is 40.2 Å². The van der Waals surface area contributed by atoms with Crippen molar-refractivity contribution in [1.29, 1.82) is 0 Å². The van der Waals surface area contributed by atoms with E-state index in [1.54, 1.807) is 0 Å². The number of benzene rings is 1. The zero-order valence-electron chi connectivity index (χ0n) is 18.6. The molecule has 0 aliphatic heterocycles. The molecular weight excluding hydrogens is 470 g/mol. The molecule has 1 aliphatic rings. The largest absolute Gasteiger partial charge is 0.302 e. The Bertz CT molecular complexity index is 1270. The van der Waals surface area contributed by atoms with Gasteiger partial charge in [-0.3, -0.25) is 4.79 Å². The molecule has 5 rings (SSSR count). The van der Waals surface area contributed by atoms with Crippen molar-refractivity contribution in [3.05, 3.63) is 51.0 Å². The van der Waals surface area contributed by atoms with Crippen LogP contribution in [-0.4, -0.2) is 31.4 Å². The number of rotatable bonds is 7. The van der Waals surface area contributed by atoms with E-state index >= 15 is 0 Å². The third kappa shape index (κ3) is 4.76. The highest BCUT2D eigenvalue weighted by atomic mass is 32.2. The van der Waals surface area contributed by atoms with E-state index in [0.717, 1.165) is 35.2 Å². The van der Waals surface area contributed by atoms with Gasteiger partial charge in [-0.25, -0.2) is 4.98 Å². The van der Waals surface area contributed by atoms with E-state index < -0.39 is 0 Å². The predicted molar refractivity (Wildman–Crippen MR) is 137 cm³/mol. The Morgan fingerprint density at radius 2 is 1.94 bits per heavy atom. The molecule has 3 aromatic heterocycles. The van der Waals surface area contributed by atoms with Crippen molar-refractivity contribution in [1.82, 2.24) is 19.7 Å². The maximum atomic E-state index is 12.6. The first-order valence-corrected chi connectivity index (χ1v) is 13.8. The second-order valence-corrected chi connectivity index (χ2v) is 10.8. The number of aryl methyl sites for hydroxylation is 2. The van der Waals surface area contributed by atoms with Gasteiger partial charge in [0.15, 0.2) is 16.1 Å². The maximum Gasteiger partial charge on any atom is 0.236 e. The number of carbonyl (C=O) groups is 1. The van der Waals surface area contributed by atoms with E-state index in [-0.39, 0.29) is 11.7 Å². The average Bonchev–Trinajstić information content (AvgIpc) is 3.56. The predicted octanol–water partition coefficient (Wildman–Crippen LogP) is 6.07. The number of hydrogen-bond acceptors (Lipinski definition) is 7. The standard InChI is InChI=1S/C24H25N5OS3/c1-3-29-22(18-12-31-20-7-5-4-6-17(18)20)27-28-24(29)33-14-21(30)26-23-25-19(13-32-23)16-10-8-15(2)9-11-16/h8-13H,3-7,14H2,1-2H3,(H,25,26,30). The summed E-state index contributed by atoms with van der Waals surface area (Å²) >= 11 is 4.69. The van der Waals surface area contributed by atoms with Gasteiger partial charge in [-0.05, 0) is 45.1 Å². The Balaban J connectivity index is 1.24. The number of carbonyl (C=O) groups excluding carboxylic acids is 1. The summed E-state index contributed by atoms with van der Waals surface area (Å²) in [6, 6.07) is 8.22. The topological polar surface area (TPSA) is 72.7 Å². The van der Waals surface area contributed by atoms with Crippen molar-refractivity contribution < 1.29 is 4.79 Å². The summed E-state index contributed by atoms with van der Waals surface area (Å²) < 4.78 is 2.12. The lowest BCUT2D eigenvalue weighted by atomic mass is 9.96. The number of amides is 1. The van der Waals surface area contributed by atoms with Crippen LogP contribution >= 0.6 is 34.4 Å². The molecule has 0 spiro atoms. The van der Waals surface area contributed by atoms with Crippen molar-refractivity contribution in [2.45, 2.75) is 51.2 Å². The normalized spacial score (nSPS) is 13.2. The monoisotopic (exact) mass is 495 g/mol. The van der Waals surface area contributed by atoms with E-state index in [9.17, 15) is 4.79 Å². The number of thiophene rings is 1. The van der Waals surface area contributed by atoms with Gasteiger partial charge in [0, 0.05) is 33.3 Å². The van der Waals surface area contributed by atoms with Crippen LogP contribution in [0.4, 0.5) is 5.13 Å². The first-order chi connectivity index (χ1) is 16.1. The van der Waals surface area contributed by atoms with Gasteiger partial charge in [0.1, 0.15) is 0 Å². The molecule has 3 heterocycles. The summed E-state index contributed by atoms with van der Waals surface area (Å²) in [4.78, 5) is 18.6. The molecule has 1 amide bonds. The molecule has 170 valence electrons. The number of anilines is 1. The van der Waals surface area contributed by atoms with Crippen molar-refractivity contribution >= 4 is 45.5 Å². The quantitative estimate of drug-likeness (QED) is 0.315. The third-order valence-electron chi connectivity index (χ3n) is 5.77. The lowest BCUT2D eigenvalue weighted by molar-refractivity contribution is -0.113. The molecule has 33 heavy (non-hydrogen) atoms. The van der Waals surface area contributed by atoms with E-state index in [1.807, 2.05) is 28.8 Å². The summed E-state index contributed by atoms with van der Waals surface area (Å²) in [6.45, 7) is 4.92. The lowest BCUT2D eigenvalue weighted by Gasteiger charge is -2.13. The Kier molecular flexibility index (Phi) is 6.62. The van der Waals surface area contributed by atoms with Crippen LogP contribution in [-0.2, 0) is 24.2 Å². The molecule has 0 fully saturated rings. The first kappa shape index (κ1) is 22.3. The Labute approximate surface area is 205 Å². The zero-order valence-corrected chi connectivity index (χ0v) is 21.1. The van der Waals surface area contributed by atoms with Crippen LogP contribution in [0.2, 0.25) is 0 Å². The van der Waals surface area contributed by atoms with Gasteiger partial charge in [-0.1, -0.05) is 41.6 Å². The van der Waals surface area contributed by atoms with Crippen LogP contribution in [0, 0.1) is 6.92 Å². The zero-order chi connectivity index (χ0) is 22.8. The molecule has 1 aliphatic carbocycles. The number of thiazole rings is 1. The molecule has 9 heteroatoms. The van der Waals surface area contributed by atoms with Crippen molar-refractivity contribution in [3.63, 3.8) is 0 Å². The van der Waals surface area contributed by atoms with Crippen molar-refractivity contribution in [2.24, 2.45) is 0 Å². The molecule has 0 unspecified atom stereocenters. The highest BCUT2D eigenvalue weighted by Crippen LogP contribution is 2.36. The fraction of sp³-hybridized carbons (Fsp3) is 0.333. The summed E-state index contributed by atoms with van der Waals surface area (Å²) in [7, 11) is 0. The first-order valence-electron chi connectivity index (χ1n) is 11.1. The summed E-state index contributed by atoms with van der Waals surface area (Å²) in [6.07, 6.45) is 4.80. The maximum absolute atomic E-state index is 12.6. The second-order valence-electron chi connectivity index (χ2n) is 8.05. The van der Waals surface area contributed by atoms with Gasteiger partial charge < -0.3 is 9.88 Å². The number of thioether (sulfide) groups is 1. The molecular formula is C24H25N5OS3. The number of aromatic nitrogens is 4. The van der Waals surface area contributed by atoms with E-state index in [0.29, 0.717) is 5.13 Å². The third-order valence-corrected chi connectivity index (χ3v) is 8.58. The van der Waals surface area contributed by atoms with Gasteiger partial charge in [0.05, 0.1) is 11.4 Å². The average molecular weight is 496 g/mol. The minimum Gasteiger partial charge on any atom is -0.302 e. The van der Waals surface area contributed by atoms with Gasteiger partial charge in [-0.15, -0.1) is 32.9 Å². The summed E-state index contributed by atoms with van der Waals surface area (Å²) in [5.41, 5.74) is 5.78. The summed E-state index contributed by atoms with van der Waals surface area (Å²) in [5, 5.41) is 17.4. The minimum atomic E-state index is -0.0927. The fourth-order valence-electron chi connectivity index (χ4n) is 4.03. The highest BCUT2D eigenvalue weighted by molar-refractivity contribution is 7.99. The summed E-state index contributed by atoms with van der Waals surface area (Å²) in [5.74, 6) is 1.09. The number of nitrogens with zero attached hydrogens (tertiary/aromatic N) is 4. The lowest BCUT2D eigenvalue weighted by Crippen LogP contribution is -2.14. The van der Waals surface area contributed by atoms with Gasteiger partial charge >= 0.3 is 0 Å².